The van der Waals surface area contributed by atoms with Gasteiger partial charge in [-0.1, -0.05) is 0 Å². The van der Waals surface area contributed by atoms with Crippen molar-refractivity contribution in [3.63, 3.8) is 0 Å². The summed E-state index contributed by atoms with van der Waals surface area (Å²) >= 11 is 0. The number of hydrogen-bond donors (Lipinski definition) is 2. The van der Waals surface area contributed by atoms with Crippen molar-refractivity contribution in [3.05, 3.63) is 23.2 Å². The van der Waals surface area contributed by atoms with Gasteiger partial charge in [-0.15, -0.1) is 0 Å². The van der Waals surface area contributed by atoms with Crippen LogP contribution in [0.25, 0.3) is 0 Å². The second-order valence-electron chi connectivity index (χ2n) is 3.44. The molecule has 1 amide bonds. The molecule has 1 heterocycles. The van der Waals surface area contributed by atoms with Crippen LogP contribution in [0.5, 0.6) is 0 Å². The summed E-state index contributed by atoms with van der Waals surface area (Å²) in [4.78, 5) is 11.6. The van der Waals surface area contributed by atoms with E-state index in [1.54, 1.807) is 13.0 Å². The zero-order chi connectivity index (χ0) is 10.7. The minimum Gasteiger partial charge on any atom is -0.466 e. The largest absolute Gasteiger partial charge is 0.466 e. The third-order valence-corrected chi connectivity index (χ3v) is 2.02. The first-order chi connectivity index (χ1) is 6.54. The Balaban J connectivity index is 2.74. The number of carbonyl (C=O) groups is 1. The number of furan rings is 1. The van der Waals surface area contributed by atoms with Crippen LogP contribution in [-0.4, -0.2) is 18.5 Å². The number of amides is 1. The molecule has 0 aromatic carbocycles. The standard InChI is InChI=1S/C10H16N2O2/c1-6(5-11)12-10(13)9-4-7(2)14-8(9)3/h4,6H,5,11H2,1-3H3,(H,12,13). The predicted octanol–water partition coefficient (Wildman–Crippen LogP) is 0.973. The lowest BCUT2D eigenvalue weighted by molar-refractivity contribution is 0.0940. The second kappa shape index (κ2) is 4.28. The van der Waals surface area contributed by atoms with Gasteiger partial charge in [-0.05, 0) is 26.8 Å². The molecule has 0 saturated carbocycles. The summed E-state index contributed by atoms with van der Waals surface area (Å²) in [6.07, 6.45) is 0. The third-order valence-electron chi connectivity index (χ3n) is 2.02. The molecule has 1 rings (SSSR count). The van der Waals surface area contributed by atoms with E-state index >= 15 is 0 Å². The lowest BCUT2D eigenvalue weighted by atomic mass is 10.2. The minimum atomic E-state index is -0.127. The first-order valence-electron chi connectivity index (χ1n) is 4.62. The van der Waals surface area contributed by atoms with Crippen LogP contribution in [0.3, 0.4) is 0 Å². The summed E-state index contributed by atoms with van der Waals surface area (Å²) in [6.45, 7) is 5.88. The lowest BCUT2D eigenvalue weighted by Gasteiger charge is -2.10. The molecule has 4 nitrogen and oxygen atoms in total. The monoisotopic (exact) mass is 196 g/mol. The Morgan fingerprint density at radius 3 is 2.71 bits per heavy atom. The molecular weight excluding hydrogens is 180 g/mol. The first-order valence-corrected chi connectivity index (χ1v) is 4.62. The molecule has 0 spiro atoms. The molecule has 0 aliphatic heterocycles. The molecule has 0 radical (unpaired) electrons. The van der Waals surface area contributed by atoms with E-state index in [1.807, 2.05) is 13.8 Å². The van der Waals surface area contributed by atoms with Crippen LogP contribution in [0.2, 0.25) is 0 Å². The zero-order valence-electron chi connectivity index (χ0n) is 8.76. The van der Waals surface area contributed by atoms with E-state index in [0.29, 0.717) is 17.9 Å². The maximum atomic E-state index is 11.6. The van der Waals surface area contributed by atoms with Crippen molar-refractivity contribution in [1.82, 2.24) is 5.32 Å². The van der Waals surface area contributed by atoms with Crippen molar-refractivity contribution in [1.29, 1.82) is 0 Å². The summed E-state index contributed by atoms with van der Waals surface area (Å²) < 4.78 is 5.26. The Labute approximate surface area is 83.5 Å². The predicted molar refractivity (Wildman–Crippen MR) is 54.2 cm³/mol. The molecule has 0 fully saturated rings. The van der Waals surface area contributed by atoms with E-state index in [4.69, 9.17) is 10.2 Å². The minimum absolute atomic E-state index is 0.0166. The molecule has 0 saturated heterocycles. The van der Waals surface area contributed by atoms with Gasteiger partial charge in [-0.25, -0.2) is 0 Å². The Bertz CT molecular complexity index is 331. The summed E-state index contributed by atoms with van der Waals surface area (Å²) in [5, 5.41) is 2.78. The number of nitrogens with two attached hydrogens (primary N) is 1. The highest BCUT2D eigenvalue weighted by Gasteiger charge is 2.14. The molecule has 1 aromatic heterocycles. The number of aryl methyl sites for hydroxylation is 2. The fourth-order valence-corrected chi connectivity index (χ4v) is 1.22. The van der Waals surface area contributed by atoms with Crippen LogP contribution in [0, 0.1) is 13.8 Å². The van der Waals surface area contributed by atoms with E-state index in [1.165, 1.54) is 0 Å². The van der Waals surface area contributed by atoms with Crippen molar-refractivity contribution in [2.24, 2.45) is 5.73 Å². The van der Waals surface area contributed by atoms with Gasteiger partial charge in [0.25, 0.3) is 5.91 Å². The number of hydrogen-bond acceptors (Lipinski definition) is 3. The molecular formula is C10H16N2O2. The molecule has 4 heteroatoms. The normalized spacial score (nSPS) is 12.6. The van der Waals surface area contributed by atoms with Gasteiger partial charge >= 0.3 is 0 Å². The summed E-state index contributed by atoms with van der Waals surface area (Å²) in [5.41, 5.74) is 5.99. The molecule has 78 valence electrons. The van der Waals surface area contributed by atoms with Crippen LogP contribution in [0.1, 0.15) is 28.8 Å². The molecule has 3 N–H and O–H groups in total. The molecule has 0 aliphatic rings. The quantitative estimate of drug-likeness (QED) is 0.757. The second-order valence-corrected chi connectivity index (χ2v) is 3.44. The highest BCUT2D eigenvalue weighted by molar-refractivity contribution is 5.95. The summed E-state index contributed by atoms with van der Waals surface area (Å²) in [5.74, 6) is 1.26. The highest BCUT2D eigenvalue weighted by atomic mass is 16.3. The SMILES string of the molecule is Cc1cc(C(=O)NC(C)CN)c(C)o1. The molecule has 1 atom stereocenters. The number of nitrogens with one attached hydrogen (secondary N) is 1. The third kappa shape index (κ3) is 2.35. The van der Waals surface area contributed by atoms with E-state index in [9.17, 15) is 4.79 Å². The van der Waals surface area contributed by atoms with Gasteiger partial charge in [0.15, 0.2) is 0 Å². The average Bonchev–Trinajstić information content (AvgIpc) is 2.45. The van der Waals surface area contributed by atoms with E-state index in [0.717, 1.165) is 5.76 Å². The topological polar surface area (TPSA) is 68.3 Å². The van der Waals surface area contributed by atoms with Crippen molar-refractivity contribution < 1.29 is 9.21 Å². The smallest absolute Gasteiger partial charge is 0.255 e. The molecule has 14 heavy (non-hydrogen) atoms. The van der Waals surface area contributed by atoms with Crippen molar-refractivity contribution in [2.45, 2.75) is 26.8 Å². The average molecular weight is 196 g/mol. The van der Waals surface area contributed by atoms with Crippen LogP contribution in [-0.2, 0) is 0 Å². The van der Waals surface area contributed by atoms with E-state index in [2.05, 4.69) is 5.32 Å². The van der Waals surface area contributed by atoms with Crippen LogP contribution < -0.4 is 11.1 Å². The van der Waals surface area contributed by atoms with Crippen LogP contribution in [0.4, 0.5) is 0 Å². The van der Waals surface area contributed by atoms with Crippen LogP contribution >= 0.6 is 0 Å². The van der Waals surface area contributed by atoms with Crippen molar-refractivity contribution in [2.75, 3.05) is 6.54 Å². The van der Waals surface area contributed by atoms with Gasteiger partial charge in [0.1, 0.15) is 11.5 Å². The lowest BCUT2D eigenvalue weighted by Crippen LogP contribution is -2.37. The Kier molecular flexibility index (Phi) is 3.30. The van der Waals surface area contributed by atoms with Crippen molar-refractivity contribution >= 4 is 5.91 Å². The summed E-state index contributed by atoms with van der Waals surface area (Å²) in [6, 6.07) is 1.71. The highest BCUT2D eigenvalue weighted by Crippen LogP contribution is 2.13. The van der Waals surface area contributed by atoms with Crippen LogP contribution in [0.15, 0.2) is 10.5 Å². The summed E-state index contributed by atoms with van der Waals surface area (Å²) in [7, 11) is 0. The Morgan fingerprint density at radius 1 is 1.64 bits per heavy atom. The maximum absolute atomic E-state index is 11.6. The van der Waals surface area contributed by atoms with Crippen molar-refractivity contribution in [3.8, 4) is 0 Å². The Hall–Kier alpha value is -1.29. The Morgan fingerprint density at radius 2 is 2.29 bits per heavy atom. The number of rotatable bonds is 3. The van der Waals surface area contributed by atoms with Gasteiger partial charge in [-0.2, -0.15) is 0 Å². The fourth-order valence-electron chi connectivity index (χ4n) is 1.22. The van der Waals surface area contributed by atoms with E-state index < -0.39 is 0 Å². The molecule has 1 aromatic rings. The van der Waals surface area contributed by atoms with E-state index in [-0.39, 0.29) is 11.9 Å². The molecule has 1 unspecified atom stereocenters. The van der Waals surface area contributed by atoms with Gasteiger partial charge < -0.3 is 15.5 Å². The first kappa shape index (κ1) is 10.8. The molecule has 0 bridgehead atoms. The molecule has 0 aliphatic carbocycles. The number of carbonyl (C=O) groups excluding carboxylic acids is 1. The van der Waals surface area contributed by atoms with Gasteiger partial charge in [0.2, 0.25) is 0 Å². The zero-order valence-corrected chi connectivity index (χ0v) is 8.76. The fraction of sp³-hybridized carbons (Fsp3) is 0.500. The van der Waals surface area contributed by atoms with Gasteiger partial charge in [-0.3, -0.25) is 4.79 Å². The van der Waals surface area contributed by atoms with Gasteiger partial charge in [0, 0.05) is 12.6 Å². The maximum Gasteiger partial charge on any atom is 0.255 e. The van der Waals surface area contributed by atoms with Gasteiger partial charge in [0.05, 0.1) is 5.56 Å².